The fourth-order valence-electron chi connectivity index (χ4n) is 1.47. The van der Waals surface area contributed by atoms with Crippen molar-refractivity contribution in [3.8, 4) is 0 Å². The van der Waals surface area contributed by atoms with Gasteiger partial charge >= 0.3 is 0 Å². The number of quaternary nitrogens is 1. The molecule has 0 aromatic rings. The first-order chi connectivity index (χ1) is 6.97. The molecule has 0 spiro atoms. The van der Waals surface area contributed by atoms with Crippen molar-refractivity contribution < 1.29 is 15.1 Å². The smallest absolute Gasteiger partial charge is 0.170 e. The van der Waals surface area contributed by atoms with Gasteiger partial charge in [-0.1, -0.05) is 13.8 Å². The van der Waals surface area contributed by atoms with Gasteiger partial charge in [0.2, 0.25) is 0 Å². The number of hydrogen-bond donors (Lipinski definition) is 1. The molecule has 0 radical (unpaired) electrons. The monoisotopic (exact) mass is 218 g/mol. The summed E-state index contributed by atoms with van der Waals surface area (Å²) in [4.78, 5) is 4.58. The maximum absolute atomic E-state index is 9.77. The van der Waals surface area contributed by atoms with E-state index in [4.69, 9.17) is 0 Å². The molecule has 0 saturated carbocycles. The van der Waals surface area contributed by atoms with E-state index in [1.165, 1.54) is 4.90 Å². The average Bonchev–Trinajstić information content (AvgIpc) is 2.10. The molecule has 0 aromatic heterocycles. The fourth-order valence-corrected chi connectivity index (χ4v) is 1.47. The number of nitrogens with one attached hydrogen (secondary N) is 1. The molecular weight excluding hydrogens is 196 g/mol. The Labute approximate surface area is 91.4 Å². The van der Waals surface area contributed by atoms with Gasteiger partial charge in [-0.15, -0.1) is 0 Å². The topological polar surface area (TPSA) is 64.7 Å². The molecule has 6 heteroatoms. The highest BCUT2D eigenvalue weighted by atomic mass is 17.2. The Kier molecular flexibility index (Phi) is 6.98. The van der Waals surface area contributed by atoms with Gasteiger partial charge in [-0.3, -0.25) is 0 Å². The van der Waals surface area contributed by atoms with Gasteiger partial charge in [-0.25, -0.2) is 5.01 Å². The number of hydrogen-bond acceptors (Lipinski definition) is 4. The number of rotatable bonds is 7. The second-order valence-corrected chi connectivity index (χ2v) is 4.53. The summed E-state index contributed by atoms with van der Waals surface area (Å²) in [5.41, 5.74) is 0. The molecule has 0 amide bonds. The van der Waals surface area contributed by atoms with E-state index in [0.29, 0.717) is 12.6 Å². The normalized spacial score (nSPS) is 13.9. The van der Waals surface area contributed by atoms with Crippen molar-refractivity contribution in [1.82, 2.24) is 5.01 Å². The molecule has 0 aromatic carbocycles. The second kappa shape index (κ2) is 7.42. The lowest BCUT2D eigenvalue weighted by atomic mass is 10.1. The zero-order valence-corrected chi connectivity index (χ0v) is 10.2. The Balaban J connectivity index is 4.26. The molecule has 1 unspecified atom stereocenters. The van der Waals surface area contributed by atoms with Crippen molar-refractivity contribution in [3.63, 3.8) is 0 Å². The van der Waals surface area contributed by atoms with Crippen molar-refractivity contribution in [2.45, 2.75) is 33.2 Å². The van der Waals surface area contributed by atoms with Crippen LogP contribution in [0.1, 0.15) is 27.2 Å². The summed E-state index contributed by atoms with van der Waals surface area (Å²) in [7, 11) is 4.03. The van der Waals surface area contributed by atoms with Gasteiger partial charge in [0.25, 0.3) is 0 Å². The first kappa shape index (κ1) is 14.1. The minimum absolute atomic E-state index is 0.249. The largest absolute Gasteiger partial charge is 0.636 e. The van der Waals surface area contributed by atoms with Crippen LogP contribution in [0.4, 0.5) is 0 Å². The Morgan fingerprint density at radius 2 is 1.93 bits per heavy atom. The van der Waals surface area contributed by atoms with Crippen LogP contribution in [0.15, 0.2) is 10.5 Å². The fraction of sp³-hybridized carbons (Fsp3) is 1.00. The molecule has 15 heavy (non-hydrogen) atoms. The van der Waals surface area contributed by atoms with Crippen LogP contribution >= 0.6 is 0 Å². The highest BCUT2D eigenvalue weighted by Crippen LogP contribution is 2.10. The zero-order valence-electron chi connectivity index (χ0n) is 10.2. The average molecular weight is 218 g/mol. The molecular formula is C9H22N4O2. The van der Waals surface area contributed by atoms with E-state index in [0.717, 1.165) is 6.42 Å². The van der Waals surface area contributed by atoms with Gasteiger partial charge in [-0.2, -0.15) is 0 Å². The Hall–Kier alpha value is -0.880. The van der Waals surface area contributed by atoms with E-state index in [9.17, 15) is 5.26 Å². The molecule has 0 aliphatic heterocycles. The summed E-state index contributed by atoms with van der Waals surface area (Å²) in [6, 6.07) is 0.249. The van der Waals surface area contributed by atoms with Gasteiger partial charge in [0.1, 0.15) is 0 Å². The van der Waals surface area contributed by atoms with Crippen LogP contribution in [0, 0.1) is 5.92 Å². The predicted molar refractivity (Wildman–Crippen MR) is 54.4 cm³/mol. The van der Waals surface area contributed by atoms with Crippen molar-refractivity contribution in [2.24, 2.45) is 16.4 Å². The summed E-state index contributed by atoms with van der Waals surface area (Å²) in [6.07, 6.45) is 1.01. The molecule has 90 valence electrons. The van der Waals surface area contributed by atoms with Gasteiger partial charge in [0, 0.05) is 5.28 Å². The molecule has 0 heterocycles. The zero-order chi connectivity index (χ0) is 11.8. The van der Waals surface area contributed by atoms with Crippen LogP contribution < -0.4 is 10.2 Å². The molecule has 1 N–H and O–H groups in total. The van der Waals surface area contributed by atoms with Gasteiger partial charge in [-0.05, 0) is 24.5 Å². The summed E-state index contributed by atoms with van der Waals surface area (Å²) >= 11 is 0. The third-order valence-electron chi connectivity index (χ3n) is 1.98. The quantitative estimate of drug-likeness (QED) is 0.268. The molecule has 0 saturated heterocycles. The van der Waals surface area contributed by atoms with E-state index < -0.39 is 0 Å². The van der Waals surface area contributed by atoms with Gasteiger partial charge < -0.3 is 15.1 Å². The van der Waals surface area contributed by atoms with Crippen LogP contribution in [0.2, 0.25) is 0 Å². The predicted octanol–water partition coefficient (Wildman–Crippen LogP) is -0.601. The van der Waals surface area contributed by atoms with E-state index in [1.54, 1.807) is 5.01 Å². The Morgan fingerprint density at radius 1 is 1.33 bits per heavy atom. The maximum Gasteiger partial charge on any atom is 0.170 e. The van der Waals surface area contributed by atoms with Gasteiger partial charge in [0.05, 0.1) is 20.1 Å². The standard InChI is InChI=1S/C9H22N4O2/c1-8(2)6-9(3)13(7-12(4)5)10-11-15-14/h8-9,14H,6-7H2,1-5H3/b11-10+. The third kappa shape index (κ3) is 7.10. The van der Waals surface area contributed by atoms with Crippen LogP contribution in [0.25, 0.3) is 0 Å². The lowest BCUT2D eigenvalue weighted by Crippen LogP contribution is -3.07. The maximum atomic E-state index is 9.77. The highest BCUT2D eigenvalue weighted by Gasteiger charge is 2.16. The Bertz CT molecular complexity index is 185. The van der Waals surface area contributed by atoms with Crippen LogP contribution in [0.5, 0.6) is 0 Å². The lowest BCUT2D eigenvalue weighted by Gasteiger charge is -2.26. The van der Waals surface area contributed by atoms with E-state index in [-0.39, 0.29) is 6.04 Å². The van der Waals surface area contributed by atoms with E-state index in [1.807, 2.05) is 14.1 Å². The second-order valence-electron chi connectivity index (χ2n) is 4.53. The van der Waals surface area contributed by atoms with Crippen LogP contribution in [0.3, 0.4) is 0 Å². The van der Waals surface area contributed by atoms with Crippen LogP contribution in [-0.2, 0) is 4.99 Å². The lowest BCUT2D eigenvalue weighted by molar-refractivity contribution is -0.870. The van der Waals surface area contributed by atoms with E-state index >= 15 is 0 Å². The molecule has 0 rings (SSSR count). The summed E-state index contributed by atoms with van der Waals surface area (Å²) in [5.74, 6) is 0.586. The van der Waals surface area contributed by atoms with Crippen molar-refractivity contribution in [1.29, 1.82) is 0 Å². The highest BCUT2D eigenvalue weighted by molar-refractivity contribution is 4.61. The van der Waals surface area contributed by atoms with Crippen molar-refractivity contribution in [3.05, 3.63) is 0 Å². The summed E-state index contributed by atoms with van der Waals surface area (Å²) in [6.45, 7) is 7.06. The Morgan fingerprint density at radius 3 is 2.33 bits per heavy atom. The molecule has 6 nitrogen and oxygen atoms in total. The number of nitrogens with zero attached hydrogens (tertiary/aromatic N) is 3. The summed E-state index contributed by atoms with van der Waals surface area (Å²) < 4.78 is 0. The third-order valence-corrected chi connectivity index (χ3v) is 1.98. The first-order valence-corrected chi connectivity index (χ1v) is 5.23. The minimum Gasteiger partial charge on any atom is -0.636 e. The molecule has 1 atom stereocenters. The molecule has 0 bridgehead atoms. The molecule has 0 aliphatic carbocycles. The molecule has 0 aliphatic rings. The van der Waals surface area contributed by atoms with Gasteiger partial charge in [0.15, 0.2) is 6.67 Å². The summed E-state index contributed by atoms with van der Waals surface area (Å²) in [5, 5.41) is 18.3. The van der Waals surface area contributed by atoms with Crippen molar-refractivity contribution >= 4 is 0 Å². The molecule has 0 fully saturated rings. The van der Waals surface area contributed by atoms with Crippen molar-refractivity contribution in [2.75, 3.05) is 20.8 Å². The first-order valence-electron chi connectivity index (χ1n) is 5.23. The minimum atomic E-state index is 0.249. The van der Waals surface area contributed by atoms with Crippen LogP contribution in [-0.4, -0.2) is 31.8 Å². The van der Waals surface area contributed by atoms with E-state index in [2.05, 4.69) is 36.3 Å². The SMILES string of the molecule is CC(C)CC(C)N(C[NH+](C)C)/N=N/O[O-].